The smallest absolute Gasteiger partial charge is 0.258 e. The molecule has 0 radical (unpaired) electrons. The zero-order chi connectivity index (χ0) is 12.8. The number of carbonyl (C=O) groups is 1. The first-order chi connectivity index (χ1) is 8.10. The third-order valence-electron chi connectivity index (χ3n) is 2.35. The zero-order valence-electron chi connectivity index (χ0n) is 9.80. The van der Waals surface area contributed by atoms with Crippen LogP contribution in [0.5, 0.6) is 5.75 Å². The first-order valence-corrected chi connectivity index (χ1v) is 6.26. The van der Waals surface area contributed by atoms with Gasteiger partial charge in [0.2, 0.25) is 0 Å². The van der Waals surface area contributed by atoms with Crippen molar-refractivity contribution in [3.8, 4) is 5.75 Å². The number of methoxy groups -OCH3 is 1. The van der Waals surface area contributed by atoms with Gasteiger partial charge in [0.15, 0.2) is 0 Å². The van der Waals surface area contributed by atoms with Crippen molar-refractivity contribution in [2.75, 3.05) is 13.7 Å². The molecular formula is C12H15BrFNO2. The lowest BCUT2D eigenvalue weighted by atomic mass is 10.1. The quantitative estimate of drug-likeness (QED) is 0.850. The molecule has 1 amide bonds. The summed E-state index contributed by atoms with van der Waals surface area (Å²) < 4.78 is 18.5. The summed E-state index contributed by atoms with van der Waals surface area (Å²) in [6.07, 6.45) is 0.884. The van der Waals surface area contributed by atoms with Gasteiger partial charge in [0, 0.05) is 11.4 Å². The SMILES string of the molecule is CCC(Br)CNC(=O)c1c(F)cccc1OC. The number of nitrogens with one attached hydrogen (secondary N) is 1. The second-order valence-corrected chi connectivity index (χ2v) is 4.83. The van der Waals surface area contributed by atoms with Gasteiger partial charge in [0.1, 0.15) is 17.1 Å². The van der Waals surface area contributed by atoms with Crippen molar-refractivity contribution >= 4 is 21.8 Å². The van der Waals surface area contributed by atoms with E-state index in [1.165, 1.54) is 19.2 Å². The van der Waals surface area contributed by atoms with Gasteiger partial charge in [-0.3, -0.25) is 4.79 Å². The molecule has 0 spiro atoms. The number of alkyl halides is 1. The molecule has 0 saturated carbocycles. The van der Waals surface area contributed by atoms with Crippen LogP contribution in [0, 0.1) is 5.82 Å². The number of amides is 1. The summed E-state index contributed by atoms with van der Waals surface area (Å²) in [5.41, 5.74) is -0.0502. The van der Waals surface area contributed by atoms with E-state index in [0.29, 0.717) is 6.54 Å². The lowest BCUT2D eigenvalue weighted by Crippen LogP contribution is -2.30. The maximum absolute atomic E-state index is 13.5. The number of ether oxygens (including phenoxy) is 1. The Bertz CT molecular complexity index is 398. The van der Waals surface area contributed by atoms with E-state index in [0.717, 1.165) is 6.42 Å². The molecule has 1 rings (SSSR count). The molecule has 3 nitrogen and oxygen atoms in total. The Morgan fingerprint density at radius 2 is 2.29 bits per heavy atom. The Labute approximate surface area is 108 Å². The Hall–Kier alpha value is -1.10. The second-order valence-electron chi connectivity index (χ2n) is 3.53. The van der Waals surface area contributed by atoms with E-state index in [9.17, 15) is 9.18 Å². The number of rotatable bonds is 5. The molecule has 0 bridgehead atoms. The number of carbonyl (C=O) groups excluding carboxylic acids is 1. The van der Waals surface area contributed by atoms with E-state index >= 15 is 0 Å². The predicted octanol–water partition coefficient (Wildman–Crippen LogP) is 2.74. The van der Waals surface area contributed by atoms with Crippen molar-refractivity contribution in [3.63, 3.8) is 0 Å². The minimum absolute atomic E-state index is 0.0502. The number of halogens is 2. The number of hydrogen-bond donors (Lipinski definition) is 1. The van der Waals surface area contributed by atoms with Gasteiger partial charge < -0.3 is 10.1 Å². The van der Waals surface area contributed by atoms with Gasteiger partial charge in [-0.2, -0.15) is 0 Å². The molecule has 0 aromatic heterocycles. The molecule has 0 aliphatic heterocycles. The fourth-order valence-corrected chi connectivity index (χ4v) is 1.49. The van der Waals surface area contributed by atoms with Gasteiger partial charge in [0.05, 0.1) is 7.11 Å². The second kappa shape index (κ2) is 6.59. The summed E-state index contributed by atoms with van der Waals surface area (Å²) in [7, 11) is 1.41. The van der Waals surface area contributed by atoms with Crippen LogP contribution in [-0.2, 0) is 0 Å². The van der Waals surface area contributed by atoms with Gasteiger partial charge in [-0.15, -0.1) is 0 Å². The highest BCUT2D eigenvalue weighted by atomic mass is 79.9. The van der Waals surface area contributed by atoms with Gasteiger partial charge in [-0.1, -0.05) is 28.9 Å². The molecule has 1 N–H and O–H groups in total. The van der Waals surface area contributed by atoms with Gasteiger partial charge in [0.25, 0.3) is 5.91 Å². The van der Waals surface area contributed by atoms with Crippen molar-refractivity contribution in [1.29, 1.82) is 0 Å². The molecule has 1 unspecified atom stereocenters. The molecule has 0 aliphatic carbocycles. The topological polar surface area (TPSA) is 38.3 Å². The molecule has 0 aliphatic rings. The average Bonchev–Trinajstić information content (AvgIpc) is 2.34. The summed E-state index contributed by atoms with van der Waals surface area (Å²) in [6, 6.07) is 4.30. The van der Waals surface area contributed by atoms with E-state index in [2.05, 4.69) is 21.2 Å². The molecule has 1 atom stereocenters. The summed E-state index contributed by atoms with van der Waals surface area (Å²) in [5, 5.41) is 2.66. The van der Waals surface area contributed by atoms with Crippen LogP contribution in [-0.4, -0.2) is 24.4 Å². The van der Waals surface area contributed by atoms with Crippen molar-refractivity contribution in [2.24, 2.45) is 0 Å². The Morgan fingerprint density at radius 1 is 1.59 bits per heavy atom. The van der Waals surface area contributed by atoms with Crippen molar-refractivity contribution in [2.45, 2.75) is 18.2 Å². The first kappa shape index (κ1) is 14.0. The van der Waals surface area contributed by atoms with Crippen molar-refractivity contribution in [3.05, 3.63) is 29.6 Å². The van der Waals surface area contributed by atoms with Gasteiger partial charge >= 0.3 is 0 Å². The van der Waals surface area contributed by atoms with Crippen LogP contribution in [0.3, 0.4) is 0 Å². The average molecular weight is 304 g/mol. The predicted molar refractivity (Wildman–Crippen MR) is 68.3 cm³/mol. The van der Waals surface area contributed by atoms with Crippen LogP contribution in [0.2, 0.25) is 0 Å². The fraction of sp³-hybridized carbons (Fsp3) is 0.417. The molecule has 17 heavy (non-hydrogen) atoms. The minimum atomic E-state index is -0.579. The molecule has 0 heterocycles. The van der Waals surface area contributed by atoms with E-state index in [4.69, 9.17) is 4.74 Å². The van der Waals surface area contributed by atoms with Crippen molar-refractivity contribution in [1.82, 2.24) is 5.32 Å². The van der Waals surface area contributed by atoms with E-state index in [-0.39, 0.29) is 16.1 Å². The van der Waals surface area contributed by atoms with Crippen LogP contribution in [0.1, 0.15) is 23.7 Å². The van der Waals surface area contributed by atoms with Crippen LogP contribution >= 0.6 is 15.9 Å². The number of hydrogen-bond acceptors (Lipinski definition) is 2. The van der Waals surface area contributed by atoms with E-state index in [1.807, 2.05) is 6.92 Å². The van der Waals surface area contributed by atoms with Crippen LogP contribution in [0.15, 0.2) is 18.2 Å². The normalized spacial score (nSPS) is 12.0. The highest BCUT2D eigenvalue weighted by molar-refractivity contribution is 9.09. The highest BCUT2D eigenvalue weighted by Gasteiger charge is 2.17. The molecule has 1 aromatic carbocycles. The Kier molecular flexibility index (Phi) is 5.41. The standard InChI is InChI=1S/C12H15BrFNO2/c1-3-8(13)7-15-12(16)11-9(14)5-4-6-10(11)17-2/h4-6,8H,3,7H2,1-2H3,(H,15,16). The molecule has 0 fully saturated rings. The lowest BCUT2D eigenvalue weighted by molar-refractivity contribution is 0.0946. The molecule has 94 valence electrons. The van der Waals surface area contributed by atoms with Gasteiger partial charge in [-0.25, -0.2) is 4.39 Å². The zero-order valence-corrected chi connectivity index (χ0v) is 11.4. The maximum atomic E-state index is 13.5. The van der Waals surface area contributed by atoms with E-state index < -0.39 is 11.7 Å². The molecule has 1 aromatic rings. The largest absolute Gasteiger partial charge is 0.496 e. The number of benzene rings is 1. The van der Waals surface area contributed by atoms with E-state index in [1.54, 1.807) is 6.07 Å². The maximum Gasteiger partial charge on any atom is 0.258 e. The Morgan fingerprint density at radius 3 is 2.88 bits per heavy atom. The van der Waals surface area contributed by atoms with Crippen LogP contribution < -0.4 is 10.1 Å². The molecule has 0 saturated heterocycles. The summed E-state index contributed by atoms with van der Waals surface area (Å²) in [4.78, 5) is 12.0. The van der Waals surface area contributed by atoms with Crippen molar-refractivity contribution < 1.29 is 13.9 Å². The third kappa shape index (κ3) is 3.70. The molecule has 5 heteroatoms. The summed E-state index contributed by atoms with van der Waals surface area (Å²) in [5.74, 6) is -0.799. The summed E-state index contributed by atoms with van der Waals surface area (Å²) >= 11 is 3.39. The highest BCUT2D eigenvalue weighted by Crippen LogP contribution is 2.20. The third-order valence-corrected chi connectivity index (χ3v) is 3.32. The fourth-order valence-electron chi connectivity index (χ4n) is 1.33. The van der Waals surface area contributed by atoms with Crippen LogP contribution in [0.25, 0.3) is 0 Å². The first-order valence-electron chi connectivity index (χ1n) is 5.34. The Balaban J connectivity index is 2.81. The lowest BCUT2D eigenvalue weighted by Gasteiger charge is -2.11. The molecular weight excluding hydrogens is 289 g/mol. The van der Waals surface area contributed by atoms with Crippen LogP contribution in [0.4, 0.5) is 4.39 Å². The minimum Gasteiger partial charge on any atom is -0.496 e. The van der Waals surface area contributed by atoms with Gasteiger partial charge in [-0.05, 0) is 18.6 Å². The summed E-state index contributed by atoms with van der Waals surface area (Å²) in [6.45, 7) is 2.45. The monoisotopic (exact) mass is 303 g/mol.